The van der Waals surface area contributed by atoms with Gasteiger partial charge in [-0.05, 0) is 32.3 Å². The lowest BCUT2D eigenvalue weighted by Crippen LogP contribution is -2.53. The maximum absolute atomic E-state index is 12.3. The van der Waals surface area contributed by atoms with Crippen LogP contribution in [-0.4, -0.2) is 53.3 Å². The molecule has 3 N–H and O–H groups in total. The Hall–Kier alpha value is -1.40. The summed E-state index contributed by atoms with van der Waals surface area (Å²) >= 11 is 0. The van der Waals surface area contributed by atoms with Crippen LogP contribution in [0.15, 0.2) is 0 Å². The Morgan fingerprint density at radius 1 is 1.55 bits per heavy atom. The number of methoxy groups -OCH3 is 1. The summed E-state index contributed by atoms with van der Waals surface area (Å²) in [6.45, 7) is 5.27. The fourth-order valence-electron chi connectivity index (χ4n) is 2.74. The highest BCUT2D eigenvalue weighted by Gasteiger charge is 2.29. The third-order valence-corrected chi connectivity index (χ3v) is 4.14. The molecule has 0 aliphatic carbocycles. The molecule has 0 radical (unpaired) electrons. The number of piperidine rings is 1. The molecule has 0 unspecified atom stereocenters. The highest BCUT2D eigenvalue weighted by Crippen LogP contribution is 2.16. The largest absolute Gasteiger partial charge is 0.378 e. The van der Waals surface area contributed by atoms with Gasteiger partial charge >= 0.3 is 0 Å². The molecule has 1 amide bonds. The van der Waals surface area contributed by atoms with Crippen molar-refractivity contribution in [2.24, 2.45) is 5.73 Å². The van der Waals surface area contributed by atoms with Gasteiger partial charge < -0.3 is 15.4 Å². The minimum Gasteiger partial charge on any atom is -0.378 e. The van der Waals surface area contributed by atoms with E-state index in [9.17, 15) is 4.79 Å². The van der Waals surface area contributed by atoms with E-state index in [1.54, 1.807) is 7.11 Å². The van der Waals surface area contributed by atoms with E-state index in [-0.39, 0.29) is 18.1 Å². The fourth-order valence-corrected chi connectivity index (χ4v) is 2.74. The second-order valence-electron chi connectivity index (χ2n) is 5.48. The van der Waals surface area contributed by atoms with Crippen molar-refractivity contribution in [1.29, 1.82) is 0 Å². The first-order chi connectivity index (χ1) is 9.52. The molecule has 2 heterocycles. The van der Waals surface area contributed by atoms with E-state index in [4.69, 9.17) is 10.5 Å². The van der Waals surface area contributed by atoms with Gasteiger partial charge in [0, 0.05) is 38.4 Å². The number of hydrogen-bond donors (Lipinski definition) is 2. The molecule has 1 fully saturated rings. The predicted molar refractivity (Wildman–Crippen MR) is 76.4 cm³/mol. The number of nitrogens with two attached hydrogens (primary N) is 1. The van der Waals surface area contributed by atoms with Crippen molar-refractivity contribution in [1.82, 2.24) is 15.1 Å². The van der Waals surface area contributed by atoms with E-state index < -0.39 is 0 Å². The van der Waals surface area contributed by atoms with Crippen molar-refractivity contribution >= 4 is 5.91 Å². The van der Waals surface area contributed by atoms with Crippen LogP contribution in [0.25, 0.3) is 0 Å². The normalized spacial score (nSPS) is 23.1. The molecule has 1 aromatic heterocycles. The molecule has 0 spiro atoms. The van der Waals surface area contributed by atoms with E-state index in [1.807, 2.05) is 18.7 Å². The summed E-state index contributed by atoms with van der Waals surface area (Å²) in [5.74, 6) is 0.166. The second-order valence-corrected chi connectivity index (χ2v) is 5.48. The monoisotopic (exact) mass is 280 g/mol. The maximum atomic E-state index is 12.3. The van der Waals surface area contributed by atoms with E-state index in [0.29, 0.717) is 13.0 Å². The van der Waals surface area contributed by atoms with E-state index in [2.05, 4.69) is 10.2 Å². The zero-order valence-corrected chi connectivity index (χ0v) is 12.5. The molecular weight excluding hydrogens is 256 g/mol. The van der Waals surface area contributed by atoms with E-state index >= 15 is 0 Å². The molecule has 1 aromatic rings. The predicted octanol–water partition coefficient (Wildman–Crippen LogP) is 0.534. The summed E-state index contributed by atoms with van der Waals surface area (Å²) in [6.07, 6.45) is 1.98. The van der Waals surface area contributed by atoms with Crippen LogP contribution in [0.1, 0.15) is 29.8 Å². The summed E-state index contributed by atoms with van der Waals surface area (Å²) in [7, 11) is 1.65. The Kier molecular flexibility index (Phi) is 4.77. The van der Waals surface area contributed by atoms with Crippen LogP contribution in [0.4, 0.5) is 0 Å². The van der Waals surface area contributed by atoms with Crippen molar-refractivity contribution in [3.05, 3.63) is 17.0 Å². The number of nitrogens with zero attached hydrogens (tertiary/aromatic N) is 2. The number of aromatic amines is 1. The summed E-state index contributed by atoms with van der Waals surface area (Å²) in [5.41, 5.74) is 9.14. The summed E-state index contributed by atoms with van der Waals surface area (Å²) < 4.78 is 5.34. The number of nitrogens with one attached hydrogen (secondary N) is 1. The summed E-state index contributed by atoms with van der Waals surface area (Å²) in [6, 6.07) is 0.0300. The number of H-pyrrole nitrogens is 1. The Balaban J connectivity index is 1.89. The topological polar surface area (TPSA) is 84.2 Å². The molecule has 0 aromatic carbocycles. The van der Waals surface area contributed by atoms with Gasteiger partial charge in [-0.25, -0.2) is 0 Å². The Bertz CT molecular complexity index is 452. The molecule has 0 bridgehead atoms. The van der Waals surface area contributed by atoms with Gasteiger partial charge in [0.2, 0.25) is 5.91 Å². The van der Waals surface area contributed by atoms with Gasteiger partial charge in [0.1, 0.15) is 0 Å². The van der Waals surface area contributed by atoms with Crippen LogP contribution in [-0.2, 0) is 16.0 Å². The number of amides is 1. The average Bonchev–Trinajstić information content (AvgIpc) is 2.76. The number of carbonyl (C=O) groups excluding carboxylic acids is 1. The first kappa shape index (κ1) is 15.0. The molecule has 112 valence electrons. The van der Waals surface area contributed by atoms with Gasteiger partial charge in [-0.2, -0.15) is 5.10 Å². The van der Waals surface area contributed by atoms with Crippen LogP contribution in [0, 0.1) is 13.8 Å². The first-order valence-corrected chi connectivity index (χ1v) is 7.09. The third-order valence-electron chi connectivity index (χ3n) is 4.14. The molecule has 1 aliphatic heterocycles. The fraction of sp³-hybridized carbons (Fsp3) is 0.714. The lowest BCUT2D eigenvalue weighted by molar-refractivity contribution is -0.135. The van der Waals surface area contributed by atoms with Crippen LogP contribution < -0.4 is 5.73 Å². The second kappa shape index (κ2) is 6.37. The Morgan fingerprint density at radius 2 is 2.30 bits per heavy atom. The zero-order valence-electron chi connectivity index (χ0n) is 12.5. The molecule has 2 rings (SSSR count). The van der Waals surface area contributed by atoms with Crippen molar-refractivity contribution in [3.8, 4) is 0 Å². The summed E-state index contributed by atoms with van der Waals surface area (Å²) in [4.78, 5) is 14.1. The van der Waals surface area contributed by atoms with Gasteiger partial charge in [-0.3, -0.25) is 9.89 Å². The Labute approximate surface area is 119 Å². The zero-order chi connectivity index (χ0) is 14.7. The smallest absolute Gasteiger partial charge is 0.222 e. The maximum Gasteiger partial charge on any atom is 0.222 e. The van der Waals surface area contributed by atoms with Gasteiger partial charge in [-0.15, -0.1) is 0 Å². The van der Waals surface area contributed by atoms with Crippen molar-refractivity contribution < 1.29 is 9.53 Å². The number of rotatable bonds is 4. The van der Waals surface area contributed by atoms with Gasteiger partial charge in [-0.1, -0.05) is 0 Å². The lowest BCUT2D eigenvalue weighted by atomic mass is 10.0. The molecule has 20 heavy (non-hydrogen) atoms. The lowest BCUT2D eigenvalue weighted by Gasteiger charge is -2.36. The SMILES string of the molecule is CO[C@@H]1CN(C(=O)CCc2c(C)n[nH]c2C)CC[C@@H]1N. The first-order valence-electron chi connectivity index (χ1n) is 7.09. The van der Waals surface area contributed by atoms with Gasteiger partial charge in [0.15, 0.2) is 0 Å². The van der Waals surface area contributed by atoms with Crippen LogP contribution in [0.5, 0.6) is 0 Å². The highest BCUT2D eigenvalue weighted by atomic mass is 16.5. The average molecular weight is 280 g/mol. The minimum atomic E-state index is -0.0508. The van der Waals surface area contributed by atoms with Crippen LogP contribution >= 0.6 is 0 Å². The van der Waals surface area contributed by atoms with E-state index in [0.717, 1.165) is 36.3 Å². The number of aryl methyl sites for hydroxylation is 2. The third kappa shape index (κ3) is 3.19. The van der Waals surface area contributed by atoms with Crippen LogP contribution in [0.2, 0.25) is 0 Å². The molecule has 2 atom stereocenters. The number of likely N-dealkylation sites (tertiary alicyclic amines) is 1. The molecular formula is C14H24N4O2. The number of aromatic nitrogens is 2. The Morgan fingerprint density at radius 3 is 2.90 bits per heavy atom. The van der Waals surface area contributed by atoms with Crippen LogP contribution in [0.3, 0.4) is 0 Å². The number of carbonyl (C=O) groups is 1. The molecule has 0 saturated carbocycles. The molecule has 6 heteroatoms. The quantitative estimate of drug-likeness (QED) is 0.843. The number of ether oxygens (including phenoxy) is 1. The molecule has 1 aliphatic rings. The van der Waals surface area contributed by atoms with Gasteiger partial charge in [0.25, 0.3) is 0 Å². The van der Waals surface area contributed by atoms with Crippen molar-refractivity contribution in [2.75, 3.05) is 20.2 Å². The minimum absolute atomic E-state index is 0.0300. The van der Waals surface area contributed by atoms with Crippen molar-refractivity contribution in [2.45, 2.75) is 45.3 Å². The molecule has 6 nitrogen and oxygen atoms in total. The molecule has 1 saturated heterocycles. The highest BCUT2D eigenvalue weighted by molar-refractivity contribution is 5.76. The number of hydrogen-bond acceptors (Lipinski definition) is 4. The van der Waals surface area contributed by atoms with E-state index in [1.165, 1.54) is 0 Å². The van der Waals surface area contributed by atoms with Crippen molar-refractivity contribution in [3.63, 3.8) is 0 Å². The summed E-state index contributed by atoms with van der Waals surface area (Å²) in [5, 5.41) is 7.11. The standard InChI is InChI=1S/C14H24N4O2/c1-9-11(10(2)17-16-9)4-5-14(19)18-7-6-12(15)13(8-18)20-3/h12-13H,4-8,15H2,1-3H3,(H,16,17)/t12-,13+/m0/s1. The van der Waals surface area contributed by atoms with Gasteiger partial charge in [0.05, 0.1) is 11.8 Å².